The molecule has 18 heavy (non-hydrogen) atoms. The van der Waals surface area contributed by atoms with Crippen molar-refractivity contribution in [2.45, 2.75) is 24.8 Å². The Bertz CT molecular complexity index is 489. The second-order valence-corrected chi connectivity index (χ2v) is 5.09. The van der Waals surface area contributed by atoms with Gasteiger partial charge in [0.25, 0.3) is 0 Å². The lowest BCUT2D eigenvalue weighted by atomic mass is 10.0. The summed E-state index contributed by atoms with van der Waals surface area (Å²) in [5, 5.41) is 3.47. The number of nitrogens with one attached hydrogen (secondary N) is 1. The monoisotopic (exact) mass is 261 g/mol. The van der Waals surface area contributed by atoms with Crippen LogP contribution < -0.4 is 5.32 Å². The van der Waals surface area contributed by atoms with Crippen molar-refractivity contribution in [3.8, 4) is 0 Å². The van der Waals surface area contributed by atoms with Crippen molar-refractivity contribution >= 4 is 11.8 Å². The van der Waals surface area contributed by atoms with Crippen molar-refractivity contribution in [2.24, 2.45) is 0 Å². The van der Waals surface area contributed by atoms with E-state index in [1.165, 1.54) is 10.5 Å². The van der Waals surface area contributed by atoms with Crippen LogP contribution in [-0.2, 0) is 0 Å². The fraction of sp³-hybridized carbons (Fsp3) is 0.333. The van der Waals surface area contributed by atoms with E-state index in [9.17, 15) is 0 Å². The Balaban J connectivity index is 2.28. The first kappa shape index (κ1) is 13.2. The molecule has 0 fully saturated rings. The van der Waals surface area contributed by atoms with Crippen molar-refractivity contribution in [3.05, 3.63) is 53.5 Å². The maximum Gasteiger partial charge on any atom is 0.125 e. The minimum Gasteiger partial charge on any atom is -0.464 e. The van der Waals surface area contributed by atoms with Gasteiger partial charge in [-0.3, -0.25) is 0 Å². The molecular formula is C15H19NOS. The standard InChI is InChI=1S/C15H19NOS/c1-4-16-15(14-10-5-11(2)17-14)12-6-8-13(18-3)9-7-12/h5-10,15-16H,4H2,1-3H3. The lowest BCUT2D eigenvalue weighted by Crippen LogP contribution is -2.21. The summed E-state index contributed by atoms with van der Waals surface area (Å²) in [6, 6.07) is 12.8. The van der Waals surface area contributed by atoms with Crippen LogP contribution >= 0.6 is 11.8 Å². The predicted octanol–water partition coefficient (Wildman–Crippen LogP) is 4.01. The Morgan fingerprint density at radius 3 is 2.39 bits per heavy atom. The average Bonchev–Trinajstić information content (AvgIpc) is 2.82. The highest BCUT2D eigenvalue weighted by Gasteiger charge is 2.16. The zero-order chi connectivity index (χ0) is 13.0. The summed E-state index contributed by atoms with van der Waals surface area (Å²) in [6.45, 7) is 5.00. The summed E-state index contributed by atoms with van der Waals surface area (Å²) in [5.41, 5.74) is 1.24. The number of aryl methyl sites for hydroxylation is 1. The molecule has 0 spiro atoms. The molecule has 1 atom stereocenters. The lowest BCUT2D eigenvalue weighted by molar-refractivity contribution is 0.435. The number of furan rings is 1. The van der Waals surface area contributed by atoms with Crippen LogP contribution in [0.25, 0.3) is 0 Å². The van der Waals surface area contributed by atoms with Crippen LogP contribution in [0, 0.1) is 6.92 Å². The van der Waals surface area contributed by atoms with E-state index in [0.29, 0.717) is 0 Å². The highest BCUT2D eigenvalue weighted by atomic mass is 32.2. The van der Waals surface area contributed by atoms with Crippen molar-refractivity contribution < 1.29 is 4.42 Å². The molecule has 0 aliphatic heterocycles. The number of thioether (sulfide) groups is 1. The van der Waals surface area contributed by atoms with Gasteiger partial charge in [0.2, 0.25) is 0 Å². The summed E-state index contributed by atoms with van der Waals surface area (Å²) in [4.78, 5) is 1.28. The quantitative estimate of drug-likeness (QED) is 0.823. The third kappa shape index (κ3) is 2.98. The third-order valence-electron chi connectivity index (χ3n) is 2.90. The van der Waals surface area contributed by atoms with Crippen LogP contribution in [0.5, 0.6) is 0 Å². The van der Waals surface area contributed by atoms with Gasteiger partial charge in [0.15, 0.2) is 0 Å². The van der Waals surface area contributed by atoms with E-state index in [2.05, 4.69) is 42.8 Å². The number of hydrogen-bond acceptors (Lipinski definition) is 3. The van der Waals surface area contributed by atoms with E-state index in [0.717, 1.165) is 18.1 Å². The average molecular weight is 261 g/mol. The maximum atomic E-state index is 5.74. The normalized spacial score (nSPS) is 12.6. The molecule has 1 aromatic heterocycles. The van der Waals surface area contributed by atoms with Gasteiger partial charge in [0.05, 0.1) is 6.04 Å². The van der Waals surface area contributed by atoms with E-state index >= 15 is 0 Å². The molecule has 0 aliphatic carbocycles. The molecule has 2 nitrogen and oxygen atoms in total. The maximum absolute atomic E-state index is 5.74. The fourth-order valence-electron chi connectivity index (χ4n) is 1.99. The number of benzene rings is 1. The van der Waals surface area contributed by atoms with Crippen LogP contribution in [-0.4, -0.2) is 12.8 Å². The van der Waals surface area contributed by atoms with Gasteiger partial charge in [-0.25, -0.2) is 0 Å². The molecule has 0 radical (unpaired) electrons. The molecule has 0 saturated carbocycles. The predicted molar refractivity (Wildman–Crippen MR) is 77.2 cm³/mol. The second kappa shape index (κ2) is 6.12. The largest absolute Gasteiger partial charge is 0.464 e. The zero-order valence-corrected chi connectivity index (χ0v) is 11.9. The van der Waals surface area contributed by atoms with E-state index < -0.39 is 0 Å². The minimum absolute atomic E-state index is 0.139. The molecule has 1 heterocycles. The van der Waals surface area contributed by atoms with Crippen LogP contribution in [0.4, 0.5) is 0 Å². The van der Waals surface area contributed by atoms with Crippen molar-refractivity contribution in [1.82, 2.24) is 5.32 Å². The van der Waals surface area contributed by atoms with E-state index in [1.807, 2.05) is 19.1 Å². The molecular weight excluding hydrogens is 242 g/mol. The van der Waals surface area contributed by atoms with Gasteiger partial charge >= 0.3 is 0 Å². The molecule has 96 valence electrons. The van der Waals surface area contributed by atoms with Gasteiger partial charge in [0.1, 0.15) is 11.5 Å². The van der Waals surface area contributed by atoms with Gasteiger partial charge in [-0.05, 0) is 49.6 Å². The topological polar surface area (TPSA) is 25.2 Å². The Labute approximate surface area is 113 Å². The molecule has 0 amide bonds. The Morgan fingerprint density at radius 1 is 1.17 bits per heavy atom. The van der Waals surface area contributed by atoms with Gasteiger partial charge in [-0.1, -0.05) is 19.1 Å². The molecule has 1 N–H and O–H groups in total. The van der Waals surface area contributed by atoms with Crippen LogP contribution in [0.1, 0.15) is 30.0 Å². The van der Waals surface area contributed by atoms with Crippen molar-refractivity contribution in [3.63, 3.8) is 0 Å². The van der Waals surface area contributed by atoms with Crippen LogP contribution in [0.15, 0.2) is 45.7 Å². The fourth-order valence-corrected chi connectivity index (χ4v) is 2.40. The van der Waals surface area contributed by atoms with Crippen molar-refractivity contribution in [1.29, 1.82) is 0 Å². The Hall–Kier alpha value is -1.19. The molecule has 0 aliphatic rings. The van der Waals surface area contributed by atoms with E-state index in [1.54, 1.807) is 11.8 Å². The van der Waals surface area contributed by atoms with E-state index in [-0.39, 0.29) is 6.04 Å². The summed E-state index contributed by atoms with van der Waals surface area (Å²) in [7, 11) is 0. The SMILES string of the molecule is CCNC(c1ccc(SC)cc1)c1ccc(C)o1. The zero-order valence-electron chi connectivity index (χ0n) is 11.1. The summed E-state index contributed by atoms with van der Waals surface area (Å²) >= 11 is 1.76. The summed E-state index contributed by atoms with van der Waals surface area (Å²) in [6.07, 6.45) is 2.09. The number of hydrogen-bond donors (Lipinski definition) is 1. The van der Waals surface area contributed by atoms with Gasteiger partial charge < -0.3 is 9.73 Å². The van der Waals surface area contributed by atoms with Crippen LogP contribution in [0.2, 0.25) is 0 Å². The Kier molecular flexibility index (Phi) is 4.50. The molecule has 1 aromatic carbocycles. The summed E-state index contributed by atoms with van der Waals surface area (Å²) in [5.74, 6) is 1.93. The molecule has 0 bridgehead atoms. The minimum atomic E-state index is 0.139. The molecule has 1 unspecified atom stereocenters. The Morgan fingerprint density at radius 2 is 1.89 bits per heavy atom. The molecule has 0 saturated heterocycles. The van der Waals surface area contributed by atoms with Gasteiger partial charge in [-0.15, -0.1) is 11.8 Å². The molecule has 3 heteroatoms. The molecule has 2 rings (SSSR count). The first-order chi connectivity index (χ1) is 8.74. The highest BCUT2D eigenvalue weighted by Crippen LogP contribution is 2.25. The molecule has 2 aromatic rings. The second-order valence-electron chi connectivity index (χ2n) is 4.21. The number of rotatable bonds is 5. The van der Waals surface area contributed by atoms with Gasteiger partial charge in [0, 0.05) is 4.90 Å². The smallest absolute Gasteiger partial charge is 0.125 e. The highest BCUT2D eigenvalue weighted by molar-refractivity contribution is 7.98. The first-order valence-electron chi connectivity index (χ1n) is 6.18. The van der Waals surface area contributed by atoms with E-state index in [4.69, 9.17) is 4.42 Å². The third-order valence-corrected chi connectivity index (χ3v) is 3.65. The first-order valence-corrected chi connectivity index (χ1v) is 7.40. The van der Waals surface area contributed by atoms with Crippen molar-refractivity contribution in [2.75, 3.05) is 12.8 Å². The summed E-state index contributed by atoms with van der Waals surface area (Å²) < 4.78 is 5.74. The van der Waals surface area contributed by atoms with Crippen LogP contribution in [0.3, 0.4) is 0 Å². The lowest BCUT2D eigenvalue weighted by Gasteiger charge is -2.16. The van der Waals surface area contributed by atoms with Gasteiger partial charge in [-0.2, -0.15) is 0 Å².